The van der Waals surface area contributed by atoms with E-state index in [1.807, 2.05) is 38.2 Å². The van der Waals surface area contributed by atoms with Crippen LogP contribution >= 0.6 is 0 Å². The Kier molecular flexibility index (Phi) is 7.61. The molecule has 0 fully saturated rings. The van der Waals surface area contributed by atoms with Gasteiger partial charge in [-0.15, -0.1) is 0 Å². The van der Waals surface area contributed by atoms with Gasteiger partial charge >= 0.3 is 0 Å². The maximum absolute atomic E-state index is 11.5. The lowest BCUT2D eigenvalue weighted by atomic mass is 10.00. The molecule has 0 aliphatic rings. The molecule has 1 heteroatoms. The van der Waals surface area contributed by atoms with Gasteiger partial charge < -0.3 is 0 Å². The Hall–Kier alpha value is -1.11. The third kappa shape index (κ3) is 6.89. The minimum Gasteiger partial charge on any atom is -0.299 e. The second kappa shape index (κ2) is 8.22. The summed E-state index contributed by atoms with van der Waals surface area (Å²) in [6.45, 7) is 9.71. The molecule has 0 amide bonds. The summed E-state index contributed by atoms with van der Waals surface area (Å²) >= 11 is 0. The summed E-state index contributed by atoms with van der Waals surface area (Å²) in [5.41, 5.74) is 1.14. The average molecular weight is 206 g/mol. The van der Waals surface area contributed by atoms with Crippen LogP contribution in [0.15, 0.2) is 36.5 Å². The van der Waals surface area contributed by atoms with Crippen molar-refractivity contribution >= 4 is 5.78 Å². The van der Waals surface area contributed by atoms with Crippen molar-refractivity contribution in [2.75, 3.05) is 0 Å². The summed E-state index contributed by atoms with van der Waals surface area (Å²) in [5.74, 6) is 0.579. The molecular formula is C14H22O. The Labute approximate surface area is 93.6 Å². The minimum atomic E-state index is 0.212. The third-order valence-corrected chi connectivity index (χ3v) is 2.54. The van der Waals surface area contributed by atoms with Crippen molar-refractivity contribution in [1.29, 1.82) is 0 Å². The molecule has 0 saturated carbocycles. The SMILES string of the molecule is C=C/C(C)=C/C=C/CCC(=O)C(C)CC. The van der Waals surface area contributed by atoms with Gasteiger partial charge in [-0.2, -0.15) is 0 Å². The van der Waals surface area contributed by atoms with Crippen LogP contribution in [0.2, 0.25) is 0 Å². The second-order valence-electron chi connectivity index (χ2n) is 3.86. The Morgan fingerprint density at radius 1 is 1.47 bits per heavy atom. The summed E-state index contributed by atoms with van der Waals surface area (Å²) in [4.78, 5) is 11.5. The molecule has 0 saturated heterocycles. The first-order chi connectivity index (χ1) is 7.11. The van der Waals surface area contributed by atoms with Crippen LogP contribution in [0.3, 0.4) is 0 Å². The highest BCUT2D eigenvalue weighted by atomic mass is 16.1. The van der Waals surface area contributed by atoms with E-state index in [9.17, 15) is 4.79 Å². The van der Waals surface area contributed by atoms with E-state index >= 15 is 0 Å². The zero-order valence-electron chi connectivity index (χ0n) is 10.1. The highest BCUT2D eigenvalue weighted by molar-refractivity contribution is 5.80. The molecule has 15 heavy (non-hydrogen) atoms. The van der Waals surface area contributed by atoms with E-state index in [0.29, 0.717) is 12.2 Å². The summed E-state index contributed by atoms with van der Waals surface area (Å²) in [7, 11) is 0. The highest BCUT2D eigenvalue weighted by Gasteiger charge is 2.08. The quantitative estimate of drug-likeness (QED) is 0.574. The Morgan fingerprint density at radius 2 is 2.13 bits per heavy atom. The molecule has 0 aliphatic carbocycles. The lowest BCUT2D eigenvalue weighted by molar-refractivity contribution is -0.122. The molecule has 84 valence electrons. The number of allylic oxidation sites excluding steroid dienone is 5. The second-order valence-corrected chi connectivity index (χ2v) is 3.86. The smallest absolute Gasteiger partial charge is 0.135 e. The maximum atomic E-state index is 11.5. The summed E-state index contributed by atoms with van der Waals surface area (Å²) < 4.78 is 0. The molecular weight excluding hydrogens is 184 g/mol. The number of carbonyl (C=O) groups is 1. The van der Waals surface area contributed by atoms with Crippen molar-refractivity contribution in [3.8, 4) is 0 Å². The van der Waals surface area contributed by atoms with Crippen LogP contribution in [0.5, 0.6) is 0 Å². The molecule has 1 unspecified atom stereocenters. The Morgan fingerprint density at radius 3 is 2.67 bits per heavy atom. The van der Waals surface area contributed by atoms with Gasteiger partial charge in [-0.3, -0.25) is 4.79 Å². The van der Waals surface area contributed by atoms with Gasteiger partial charge in [0.05, 0.1) is 0 Å². The van der Waals surface area contributed by atoms with Crippen LogP contribution in [-0.4, -0.2) is 5.78 Å². The van der Waals surface area contributed by atoms with E-state index in [1.165, 1.54) is 0 Å². The topological polar surface area (TPSA) is 17.1 Å². The lowest BCUT2D eigenvalue weighted by Gasteiger charge is -2.04. The number of rotatable bonds is 7. The van der Waals surface area contributed by atoms with Crippen molar-refractivity contribution in [1.82, 2.24) is 0 Å². The van der Waals surface area contributed by atoms with Crippen LogP contribution in [0, 0.1) is 5.92 Å². The van der Waals surface area contributed by atoms with E-state index in [4.69, 9.17) is 0 Å². The number of hydrogen-bond acceptors (Lipinski definition) is 1. The standard InChI is InChI=1S/C14H22O/c1-5-12(3)10-8-7-9-11-14(15)13(4)6-2/h5,7-8,10,13H,1,6,9,11H2,2-4H3/b8-7+,12-10+. The lowest BCUT2D eigenvalue weighted by Crippen LogP contribution is -2.08. The molecule has 0 N–H and O–H groups in total. The van der Waals surface area contributed by atoms with E-state index in [-0.39, 0.29) is 5.92 Å². The fraction of sp³-hybridized carbons (Fsp3) is 0.500. The largest absolute Gasteiger partial charge is 0.299 e. The fourth-order valence-electron chi connectivity index (χ4n) is 1.08. The van der Waals surface area contributed by atoms with Gasteiger partial charge in [-0.05, 0) is 19.8 Å². The Bertz CT molecular complexity index is 259. The molecule has 0 aliphatic heterocycles. The predicted octanol–water partition coefficient (Wildman–Crippen LogP) is 4.07. The van der Waals surface area contributed by atoms with Gasteiger partial charge in [0.15, 0.2) is 0 Å². The van der Waals surface area contributed by atoms with Gasteiger partial charge in [-0.1, -0.05) is 50.3 Å². The fourth-order valence-corrected chi connectivity index (χ4v) is 1.08. The average Bonchev–Trinajstić information content (AvgIpc) is 2.26. The van der Waals surface area contributed by atoms with Crippen molar-refractivity contribution in [3.63, 3.8) is 0 Å². The predicted molar refractivity (Wildman–Crippen MR) is 66.8 cm³/mol. The highest BCUT2D eigenvalue weighted by Crippen LogP contribution is 2.07. The maximum Gasteiger partial charge on any atom is 0.135 e. The number of Topliss-reactive ketones (excluding diaryl/α,β-unsaturated/α-hetero) is 1. The molecule has 0 aromatic carbocycles. The molecule has 0 spiro atoms. The van der Waals surface area contributed by atoms with Gasteiger partial charge in [0.25, 0.3) is 0 Å². The summed E-state index contributed by atoms with van der Waals surface area (Å²) in [6.07, 6.45) is 10.3. The van der Waals surface area contributed by atoms with Crippen LogP contribution in [0.25, 0.3) is 0 Å². The number of ketones is 1. The van der Waals surface area contributed by atoms with E-state index < -0.39 is 0 Å². The van der Waals surface area contributed by atoms with E-state index in [1.54, 1.807) is 0 Å². The summed E-state index contributed by atoms with van der Waals surface area (Å²) in [6, 6.07) is 0. The first-order valence-electron chi connectivity index (χ1n) is 5.60. The van der Waals surface area contributed by atoms with E-state index in [0.717, 1.165) is 18.4 Å². The normalized spacial score (nSPS) is 14.2. The summed E-state index contributed by atoms with van der Waals surface area (Å²) in [5, 5.41) is 0. The third-order valence-electron chi connectivity index (χ3n) is 2.54. The first-order valence-corrected chi connectivity index (χ1v) is 5.60. The molecule has 0 aromatic rings. The molecule has 1 nitrogen and oxygen atoms in total. The molecule has 0 bridgehead atoms. The van der Waals surface area contributed by atoms with E-state index in [2.05, 4.69) is 13.5 Å². The molecule has 0 rings (SSSR count). The van der Waals surface area contributed by atoms with Crippen LogP contribution < -0.4 is 0 Å². The van der Waals surface area contributed by atoms with Crippen LogP contribution in [-0.2, 0) is 4.79 Å². The zero-order chi connectivity index (χ0) is 11.7. The Balaban J connectivity index is 3.80. The van der Waals surface area contributed by atoms with Gasteiger partial charge in [0.2, 0.25) is 0 Å². The minimum absolute atomic E-state index is 0.212. The van der Waals surface area contributed by atoms with Crippen LogP contribution in [0.1, 0.15) is 40.0 Å². The van der Waals surface area contributed by atoms with Crippen molar-refractivity contribution in [2.45, 2.75) is 40.0 Å². The van der Waals surface area contributed by atoms with Crippen molar-refractivity contribution in [3.05, 3.63) is 36.5 Å². The van der Waals surface area contributed by atoms with Gasteiger partial charge in [0.1, 0.15) is 5.78 Å². The van der Waals surface area contributed by atoms with Gasteiger partial charge in [-0.25, -0.2) is 0 Å². The zero-order valence-corrected chi connectivity index (χ0v) is 10.1. The van der Waals surface area contributed by atoms with Crippen LogP contribution in [0.4, 0.5) is 0 Å². The molecule has 1 atom stereocenters. The molecule has 0 heterocycles. The van der Waals surface area contributed by atoms with Crippen molar-refractivity contribution in [2.24, 2.45) is 5.92 Å². The number of hydrogen-bond donors (Lipinski definition) is 0. The van der Waals surface area contributed by atoms with Crippen molar-refractivity contribution < 1.29 is 4.79 Å². The number of carbonyl (C=O) groups excluding carboxylic acids is 1. The molecule has 0 aromatic heterocycles. The van der Waals surface area contributed by atoms with Gasteiger partial charge in [0, 0.05) is 12.3 Å². The molecule has 0 radical (unpaired) electrons. The first kappa shape index (κ1) is 13.9. The monoisotopic (exact) mass is 206 g/mol.